The van der Waals surface area contributed by atoms with Gasteiger partial charge < -0.3 is 19.6 Å². The molecule has 25 heavy (non-hydrogen) atoms. The molecule has 1 aromatic heterocycles. The molecule has 1 aliphatic rings. The maximum absolute atomic E-state index is 9.97. The van der Waals surface area contributed by atoms with Gasteiger partial charge in [-0.3, -0.25) is 5.21 Å². The van der Waals surface area contributed by atoms with Gasteiger partial charge in [0.15, 0.2) is 11.5 Å². The minimum atomic E-state index is -1.03. The van der Waals surface area contributed by atoms with Gasteiger partial charge in [0.05, 0.1) is 30.8 Å². The second-order valence-electron chi connectivity index (χ2n) is 4.63. The first-order chi connectivity index (χ1) is 12.0. The number of hydrogen-bond donors (Lipinski definition) is 3. The highest BCUT2D eigenvalue weighted by molar-refractivity contribution is 8.02. The first kappa shape index (κ1) is 19.0. The summed E-state index contributed by atoms with van der Waals surface area (Å²) in [6, 6.07) is 3.52. The van der Waals surface area contributed by atoms with Crippen molar-refractivity contribution in [3.05, 3.63) is 46.3 Å². The Morgan fingerprint density at radius 1 is 1.40 bits per heavy atom. The van der Waals surface area contributed by atoms with Gasteiger partial charge in [-0.1, -0.05) is 11.6 Å². The fourth-order valence-electron chi connectivity index (χ4n) is 1.98. The van der Waals surface area contributed by atoms with Crippen molar-refractivity contribution < 1.29 is 24.6 Å². The molecule has 10 heteroatoms. The fraction of sp³-hybridized carbons (Fsp3) is 0.200. The van der Waals surface area contributed by atoms with Crippen molar-refractivity contribution in [2.24, 2.45) is 0 Å². The molecule has 3 rings (SSSR count). The molecule has 0 atom stereocenters. The van der Waals surface area contributed by atoms with Crippen molar-refractivity contribution in [2.75, 3.05) is 20.1 Å². The number of nitrogens with zero attached hydrogens (tertiary/aromatic N) is 2. The van der Waals surface area contributed by atoms with Crippen LogP contribution in [0.3, 0.4) is 0 Å². The number of aromatic carboxylic acids is 1. The van der Waals surface area contributed by atoms with Crippen molar-refractivity contribution in [2.45, 2.75) is 0 Å². The normalized spacial score (nSPS) is 13.0. The molecule has 0 radical (unpaired) electrons. The average molecular weight is 386 g/mol. The van der Waals surface area contributed by atoms with Crippen molar-refractivity contribution in [3.63, 3.8) is 0 Å². The Morgan fingerprint density at radius 2 is 2.16 bits per heavy atom. The lowest BCUT2D eigenvalue weighted by molar-refractivity contribution is -0.00410. The lowest BCUT2D eigenvalue weighted by atomic mass is 10.1. The van der Waals surface area contributed by atoms with E-state index >= 15 is 0 Å². The zero-order valence-corrected chi connectivity index (χ0v) is 15.0. The van der Waals surface area contributed by atoms with Gasteiger partial charge >= 0.3 is 5.97 Å². The van der Waals surface area contributed by atoms with E-state index in [1.165, 1.54) is 36.3 Å². The standard InChI is InChI=1S/C11H12ClNO3S.C4H4N2O2/c1-15-10-4-7(3-8(12)11(10)16-2)9-5-17-6-13(9)14;7-4(8)3-5-1-2-6-3/h3-5,14H,6H2,1-2H3;1-2H,(H,5,6)(H,7,8). The van der Waals surface area contributed by atoms with Crippen LogP contribution in [0.5, 0.6) is 11.5 Å². The van der Waals surface area contributed by atoms with Crippen LogP contribution in [-0.4, -0.2) is 51.4 Å². The summed E-state index contributed by atoms with van der Waals surface area (Å²) in [5, 5.41) is 21.3. The predicted octanol–water partition coefficient (Wildman–Crippen LogP) is 3.16. The number of aromatic amines is 1. The molecule has 0 amide bonds. The summed E-state index contributed by atoms with van der Waals surface area (Å²) in [5.41, 5.74) is 1.50. The van der Waals surface area contributed by atoms with Gasteiger partial charge in [-0.2, -0.15) is 0 Å². The van der Waals surface area contributed by atoms with Crippen LogP contribution in [-0.2, 0) is 0 Å². The van der Waals surface area contributed by atoms with Crippen LogP contribution < -0.4 is 9.47 Å². The van der Waals surface area contributed by atoms with E-state index in [0.29, 0.717) is 28.1 Å². The Labute approximate surface area is 153 Å². The molecule has 0 saturated heterocycles. The topological polar surface area (TPSA) is 108 Å². The van der Waals surface area contributed by atoms with Crippen LogP contribution >= 0.6 is 23.4 Å². The highest BCUT2D eigenvalue weighted by Crippen LogP contribution is 2.40. The SMILES string of the molecule is COc1cc(C2=CSCN2O)cc(Cl)c1OC.O=C(O)c1ncc[nH]1. The number of methoxy groups -OCH3 is 2. The van der Waals surface area contributed by atoms with Gasteiger partial charge in [0.25, 0.3) is 0 Å². The summed E-state index contributed by atoms with van der Waals surface area (Å²) in [7, 11) is 3.08. The molecule has 0 fully saturated rings. The van der Waals surface area contributed by atoms with Crippen molar-refractivity contribution in [1.29, 1.82) is 0 Å². The van der Waals surface area contributed by atoms with Gasteiger partial charge in [-0.15, -0.1) is 11.8 Å². The Morgan fingerprint density at radius 3 is 2.60 bits per heavy atom. The lowest BCUT2D eigenvalue weighted by Gasteiger charge is -2.16. The number of benzene rings is 1. The number of hydrogen-bond acceptors (Lipinski definition) is 7. The monoisotopic (exact) mass is 385 g/mol. The Bertz CT molecular complexity index is 767. The van der Waals surface area contributed by atoms with Crippen molar-refractivity contribution in [1.82, 2.24) is 15.0 Å². The van der Waals surface area contributed by atoms with Crippen LogP contribution in [0.25, 0.3) is 5.70 Å². The van der Waals surface area contributed by atoms with Gasteiger partial charge in [-0.25, -0.2) is 14.8 Å². The number of imidazole rings is 1. The number of nitrogens with one attached hydrogen (secondary N) is 1. The first-order valence-corrected chi connectivity index (χ1v) is 8.33. The maximum Gasteiger partial charge on any atom is 0.371 e. The maximum atomic E-state index is 9.97. The minimum Gasteiger partial charge on any atom is -0.493 e. The van der Waals surface area contributed by atoms with Gasteiger partial charge in [0, 0.05) is 18.0 Å². The van der Waals surface area contributed by atoms with E-state index in [4.69, 9.17) is 26.2 Å². The molecule has 1 aliphatic heterocycles. The Hall–Kier alpha value is -2.36. The number of hydroxylamine groups is 2. The predicted molar refractivity (Wildman–Crippen MR) is 94.2 cm³/mol. The molecule has 3 N–H and O–H groups in total. The number of carbonyl (C=O) groups is 1. The molecule has 0 unspecified atom stereocenters. The van der Waals surface area contributed by atoms with Crippen molar-refractivity contribution >= 4 is 35.0 Å². The minimum absolute atomic E-state index is 0.0231. The smallest absolute Gasteiger partial charge is 0.371 e. The van der Waals surface area contributed by atoms with E-state index in [1.807, 2.05) is 5.41 Å². The van der Waals surface area contributed by atoms with E-state index in [9.17, 15) is 10.0 Å². The first-order valence-electron chi connectivity index (χ1n) is 6.90. The van der Waals surface area contributed by atoms with E-state index < -0.39 is 5.97 Å². The van der Waals surface area contributed by atoms with Gasteiger partial charge in [-0.05, 0) is 17.5 Å². The van der Waals surface area contributed by atoms with Crippen molar-refractivity contribution in [3.8, 4) is 11.5 Å². The number of H-pyrrole nitrogens is 1. The largest absolute Gasteiger partial charge is 0.493 e. The van der Waals surface area contributed by atoms with E-state index in [2.05, 4.69) is 9.97 Å². The third-order valence-electron chi connectivity index (χ3n) is 3.10. The number of aromatic nitrogens is 2. The van der Waals surface area contributed by atoms with Crippen LogP contribution in [0.4, 0.5) is 0 Å². The molecule has 134 valence electrons. The van der Waals surface area contributed by atoms with E-state index in [0.717, 1.165) is 5.56 Å². The number of carboxylic acid groups (broad SMARTS) is 1. The highest BCUT2D eigenvalue weighted by Gasteiger charge is 2.19. The molecule has 0 aliphatic carbocycles. The molecule has 8 nitrogen and oxygen atoms in total. The summed E-state index contributed by atoms with van der Waals surface area (Å²) in [6.07, 6.45) is 2.85. The number of thioether (sulfide) groups is 1. The third-order valence-corrected chi connectivity index (χ3v) is 4.16. The van der Waals surface area contributed by atoms with Crippen LogP contribution in [0.2, 0.25) is 5.02 Å². The quantitative estimate of drug-likeness (QED) is 0.736. The second kappa shape index (κ2) is 8.65. The van der Waals surface area contributed by atoms with Crippen LogP contribution in [0.1, 0.15) is 16.2 Å². The summed E-state index contributed by atoms with van der Waals surface area (Å²) < 4.78 is 10.4. The second-order valence-corrected chi connectivity index (χ2v) is 5.87. The Kier molecular flexibility index (Phi) is 6.57. The van der Waals surface area contributed by atoms with Crippen LogP contribution in [0, 0.1) is 0 Å². The van der Waals surface area contributed by atoms with E-state index in [1.54, 1.807) is 19.2 Å². The highest BCUT2D eigenvalue weighted by atomic mass is 35.5. The number of rotatable bonds is 4. The molecule has 0 saturated carbocycles. The summed E-state index contributed by atoms with van der Waals surface area (Å²) in [6.45, 7) is 0. The Balaban J connectivity index is 0.000000236. The molecule has 2 heterocycles. The lowest BCUT2D eigenvalue weighted by Crippen LogP contribution is -2.12. The van der Waals surface area contributed by atoms with Crippen LogP contribution in [0.15, 0.2) is 29.9 Å². The summed E-state index contributed by atoms with van der Waals surface area (Å²) in [5.74, 6) is 0.497. The van der Waals surface area contributed by atoms with Gasteiger partial charge in [0.1, 0.15) is 0 Å². The molecular formula is C15H16ClN3O5S. The molecule has 2 aromatic rings. The van der Waals surface area contributed by atoms with Gasteiger partial charge in [0.2, 0.25) is 5.82 Å². The molecule has 1 aromatic carbocycles. The summed E-state index contributed by atoms with van der Waals surface area (Å²) >= 11 is 7.61. The van der Waals surface area contributed by atoms with E-state index in [-0.39, 0.29) is 5.82 Å². The molecule has 0 bridgehead atoms. The zero-order chi connectivity index (χ0) is 18.4. The third kappa shape index (κ3) is 4.59. The summed E-state index contributed by atoms with van der Waals surface area (Å²) in [4.78, 5) is 15.9. The molecular weight excluding hydrogens is 370 g/mol. The number of halogens is 1. The zero-order valence-electron chi connectivity index (χ0n) is 13.4. The number of carboxylic acids is 1. The fourth-order valence-corrected chi connectivity index (χ4v) is 3.04. The average Bonchev–Trinajstić information content (AvgIpc) is 3.26. The molecule has 0 spiro atoms. The number of ether oxygens (including phenoxy) is 2.